The summed E-state index contributed by atoms with van der Waals surface area (Å²) in [6.07, 6.45) is 3.65. The monoisotopic (exact) mass is 201 g/mol. The molecule has 3 heteroatoms. The molecule has 2 rings (SSSR count). The largest absolute Gasteiger partial charge is 0.348 e. The standard InChI is InChI=1S/C12H15N3/c13-7-6-12-14-9-11(15-12)8-10-4-2-1-3-5-10/h1-5,9H,6-8,13H2,(H,14,15). The Bertz CT molecular complexity index is 406. The highest BCUT2D eigenvalue weighted by molar-refractivity contribution is 5.20. The smallest absolute Gasteiger partial charge is 0.107 e. The van der Waals surface area contributed by atoms with Crippen LogP contribution in [-0.4, -0.2) is 16.5 Å². The van der Waals surface area contributed by atoms with E-state index in [4.69, 9.17) is 5.73 Å². The second kappa shape index (κ2) is 4.75. The number of rotatable bonds is 4. The Kier molecular flexibility index (Phi) is 3.15. The van der Waals surface area contributed by atoms with Crippen molar-refractivity contribution in [3.63, 3.8) is 0 Å². The minimum Gasteiger partial charge on any atom is -0.348 e. The number of hydrogen-bond donors (Lipinski definition) is 2. The Labute approximate surface area is 89.4 Å². The summed E-state index contributed by atoms with van der Waals surface area (Å²) in [6.45, 7) is 0.637. The van der Waals surface area contributed by atoms with E-state index in [9.17, 15) is 0 Å². The van der Waals surface area contributed by atoms with E-state index in [0.29, 0.717) is 6.54 Å². The molecule has 3 N–H and O–H groups in total. The minimum absolute atomic E-state index is 0.637. The van der Waals surface area contributed by atoms with E-state index in [1.54, 1.807) is 0 Å². The van der Waals surface area contributed by atoms with E-state index in [1.807, 2.05) is 24.4 Å². The van der Waals surface area contributed by atoms with Gasteiger partial charge in [-0.2, -0.15) is 0 Å². The third-order valence-corrected chi connectivity index (χ3v) is 2.29. The maximum absolute atomic E-state index is 5.46. The Balaban J connectivity index is 2.05. The average Bonchev–Trinajstić information content (AvgIpc) is 2.68. The first-order valence-corrected chi connectivity index (χ1v) is 5.15. The number of nitrogens with zero attached hydrogens (tertiary/aromatic N) is 1. The van der Waals surface area contributed by atoms with Crippen molar-refractivity contribution in [2.24, 2.45) is 5.73 Å². The van der Waals surface area contributed by atoms with E-state index >= 15 is 0 Å². The van der Waals surface area contributed by atoms with Crippen LogP contribution in [0.25, 0.3) is 0 Å². The SMILES string of the molecule is NCCc1nc(Cc2ccccc2)c[nH]1. The van der Waals surface area contributed by atoms with Crippen molar-refractivity contribution in [3.05, 3.63) is 53.6 Å². The Morgan fingerprint density at radius 2 is 2.00 bits per heavy atom. The maximum atomic E-state index is 5.46. The Morgan fingerprint density at radius 3 is 2.73 bits per heavy atom. The molecule has 0 aliphatic rings. The number of nitrogens with one attached hydrogen (secondary N) is 1. The molecule has 1 aromatic heterocycles. The summed E-state index contributed by atoms with van der Waals surface area (Å²) in [7, 11) is 0. The number of aromatic amines is 1. The third-order valence-electron chi connectivity index (χ3n) is 2.29. The zero-order valence-corrected chi connectivity index (χ0v) is 8.61. The number of hydrogen-bond acceptors (Lipinski definition) is 2. The van der Waals surface area contributed by atoms with Gasteiger partial charge in [0.2, 0.25) is 0 Å². The molecule has 1 heterocycles. The molecule has 3 nitrogen and oxygen atoms in total. The second-order valence-electron chi connectivity index (χ2n) is 3.54. The highest BCUT2D eigenvalue weighted by Crippen LogP contribution is 2.07. The lowest BCUT2D eigenvalue weighted by atomic mass is 10.1. The molecule has 15 heavy (non-hydrogen) atoms. The average molecular weight is 201 g/mol. The van der Waals surface area contributed by atoms with Gasteiger partial charge in [-0.25, -0.2) is 4.98 Å². The van der Waals surface area contributed by atoms with E-state index in [-0.39, 0.29) is 0 Å². The molecule has 0 aliphatic carbocycles. The van der Waals surface area contributed by atoms with Crippen molar-refractivity contribution < 1.29 is 0 Å². The van der Waals surface area contributed by atoms with E-state index in [2.05, 4.69) is 22.1 Å². The van der Waals surface area contributed by atoms with Gasteiger partial charge >= 0.3 is 0 Å². The fraction of sp³-hybridized carbons (Fsp3) is 0.250. The van der Waals surface area contributed by atoms with Gasteiger partial charge in [-0.05, 0) is 12.1 Å². The maximum Gasteiger partial charge on any atom is 0.107 e. The zero-order valence-electron chi connectivity index (χ0n) is 8.61. The first-order valence-electron chi connectivity index (χ1n) is 5.15. The van der Waals surface area contributed by atoms with Crippen LogP contribution >= 0.6 is 0 Å². The molecule has 0 atom stereocenters. The molecule has 2 aromatic rings. The predicted octanol–water partition coefficient (Wildman–Crippen LogP) is 1.50. The van der Waals surface area contributed by atoms with Crippen molar-refractivity contribution in [3.8, 4) is 0 Å². The summed E-state index contributed by atoms with van der Waals surface area (Å²) in [5.74, 6) is 0.975. The summed E-state index contributed by atoms with van der Waals surface area (Å²) in [5.41, 5.74) is 7.82. The molecule has 0 spiro atoms. The van der Waals surface area contributed by atoms with Crippen LogP contribution in [0, 0.1) is 0 Å². The molecule has 0 saturated carbocycles. The van der Waals surface area contributed by atoms with Crippen molar-refractivity contribution in [2.75, 3.05) is 6.54 Å². The molecule has 0 saturated heterocycles. The van der Waals surface area contributed by atoms with Gasteiger partial charge in [0.15, 0.2) is 0 Å². The summed E-state index contributed by atoms with van der Waals surface area (Å²) >= 11 is 0. The quantitative estimate of drug-likeness (QED) is 0.787. The van der Waals surface area contributed by atoms with Crippen LogP contribution in [0.3, 0.4) is 0 Å². The van der Waals surface area contributed by atoms with Gasteiger partial charge in [0.25, 0.3) is 0 Å². The van der Waals surface area contributed by atoms with Gasteiger partial charge in [0.1, 0.15) is 5.82 Å². The first kappa shape index (κ1) is 9.93. The zero-order chi connectivity index (χ0) is 10.5. The number of imidazole rings is 1. The second-order valence-corrected chi connectivity index (χ2v) is 3.54. The summed E-state index contributed by atoms with van der Waals surface area (Å²) in [5, 5.41) is 0. The number of nitrogens with two attached hydrogens (primary N) is 1. The number of benzene rings is 1. The van der Waals surface area contributed by atoms with Crippen molar-refractivity contribution in [2.45, 2.75) is 12.8 Å². The normalized spacial score (nSPS) is 10.5. The van der Waals surface area contributed by atoms with Crippen LogP contribution in [0.4, 0.5) is 0 Å². The predicted molar refractivity (Wildman–Crippen MR) is 60.6 cm³/mol. The molecule has 0 bridgehead atoms. The molecule has 0 radical (unpaired) electrons. The van der Waals surface area contributed by atoms with E-state index in [1.165, 1.54) is 5.56 Å². The van der Waals surface area contributed by atoms with Crippen molar-refractivity contribution in [1.29, 1.82) is 0 Å². The number of H-pyrrole nitrogens is 1. The van der Waals surface area contributed by atoms with Crippen LogP contribution in [-0.2, 0) is 12.8 Å². The van der Waals surface area contributed by atoms with E-state index < -0.39 is 0 Å². The minimum atomic E-state index is 0.637. The van der Waals surface area contributed by atoms with Gasteiger partial charge < -0.3 is 10.7 Å². The van der Waals surface area contributed by atoms with Crippen LogP contribution in [0.2, 0.25) is 0 Å². The highest BCUT2D eigenvalue weighted by Gasteiger charge is 2.01. The van der Waals surface area contributed by atoms with Gasteiger partial charge in [-0.3, -0.25) is 0 Å². The summed E-state index contributed by atoms with van der Waals surface area (Å²) in [4.78, 5) is 7.60. The lowest BCUT2D eigenvalue weighted by molar-refractivity contribution is 0.887. The van der Waals surface area contributed by atoms with Crippen molar-refractivity contribution >= 4 is 0 Å². The fourth-order valence-electron chi connectivity index (χ4n) is 1.56. The highest BCUT2D eigenvalue weighted by atomic mass is 14.9. The molecule has 78 valence electrons. The van der Waals surface area contributed by atoms with Gasteiger partial charge in [-0.15, -0.1) is 0 Å². The summed E-state index contributed by atoms with van der Waals surface area (Å²) in [6, 6.07) is 10.3. The van der Waals surface area contributed by atoms with Crippen LogP contribution < -0.4 is 5.73 Å². The molecule has 1 aromatic carbocycles. The molecule has 0 amide bonds. The van der Waals surface area contributed by atoms with Gasteiger partial charge in [-0.1, -0.05) is 30.3 Å². The molecule has 0 unspecified atom stereocenters. The molecular weight excluding hydrogens is 186 g/mol. The van der Waals surface area contributed by atoms with Gasteiger partial charge in [0.05, 0.1) is 5.69 Å². The lowest BCUT2D eigenvalue weighted by Gasteiger charge is -1.96. The molecule has 0 aliphatic heterocycles. The summed E-state index contributed by atoms with van der Waals surface area (Å²) < 4.78 is 0. The van der Waals surface area contributed by atoms with Crippen LogP contribution in [0.5, 0.6) is 0 Å². The van der Waals surface area contributed by atoms with Crippen molar-refractivity contribution in [1.82, 2.24) is 9.97 Å². The fourth-order valence-corrected chi connectivity index (χ4v) is 1.56. The van der Waals surface area contributed by atoms with Crippen LogP contribution in [0.15, 0.2) is 36.5 Å². The number of aromatic nitrogens is 2. The third kappa shape index (κ3) is 2.67. The van der Waals surface area contributed by atoms with Crippen LogP contribution in [0.1, 0.15) is 17.1 Å². The first-order chi connectivity index (χ1) is 7.38. The Morgan fingerprint density at radius 1 is 1.20 bits per heavy atom. The van der Waals surface area contributed by atoms with E-state index in [0.717, 1.165) is 24.4 Å². The Hall–Kier alpha value is -1.61. The topological polar surface area (TPSA) is 54.7 Å². The molecular formula is C12H15N3. The van der Waals surface area contributed by atoms with Gasteiger partial charge in [0, 0.05) is 19.0 Å². The molecule has 0 fully saturated rings. The lowest BCUT2D eigenvalue weighted by Crippen LogP contribution is -2.04.